The van der Waals surface area contributed by atoms with Gasteiger partial charge in [0.15, 0.2) is 0 Å². The van der Waals surface area contributed by atoms with Crippen molar-refractivity contribution in [1.29, 1.82) is 0 Å². The van der Waals surface area contributed by atoms with E-state index in [0.29, 0.717) is 21.6 Å². The molecule has 2 aromatic rings. The van der Waals surface area contributed by atoms with E-state index in [1.807, 2.05) is 6.92 Å². The Hall–Kier alpha value is -1.13. The van der Waals surface area contributed by atoms with Crippen LogP contribution in [-0.4, -0.2) is 9.97 Å². The third-order valence-electron chi connectivity index (χ3n) is 2.06. The lowest BCUT2D eigenvalue weighted by Gasteiger charge is -2.03. The minimum atomic E-state index is -0.226. The van der Waals surface area contributed by atoms with Gasteiger partial charge in [-0.25, -0.2) is 14.4 Å². The largest absolute Gasteiger partial charge is 0.237 e. The molecule has 1 heterocycles. The molecule has 0 saturated heterocycles. The van der Waals surface area contributed by atoms with E-state index in [4.69, 9.17) is 11.6 Å². The molecule has 0 aliphatic carbocycles. The van der Waals surface area contributed by atoms with Crippen LogP contribution in [0.4, 0.5) is 4.39 Å². The number of halogens is 2. The van der Waals surface area contributed by atoms with Crippen molar-refractivity contribution in [3.05, 3.63) is 52.8 Å². The van der Waals surface area contributed by atoms with E-state index in [-0.39, 0.29) is 5.82 Å². The lowest BCUT2D eigenvalue weighted by molar-refractivity contribution is 0.602. The third-order valence-corrected chi connectivity index (χ3v) is 3.30. The van der Waals surface area contributed by atoms with Gasteiger partial charge in [0.1, 0.15) is 16.8 Å². The number of hydrogen-bond acceptors (Lipinski definition) is 3. The van der Waals surface area contributed by atoms with Crippen molar-refractivity contribution >= 4 is 23.4 Å². The highest BCUT2D eigenvalue weighted by Crippen LogP contribution is 2.24. The minimum Gasteiger partial charge on any atom is -0.237 e. The fourth-order valence-corrected chi connectivity index (χ4v) is 2.41. The Morgan fingerprint density at radius 2 is 2.06 bits per heavy atom. The Balaban J connectivity index is 2.10. The van der Waals surface area contributed by atoms with E-state index < -0.39 is 0 Å². The highest BCUT2D eigenvalue weighted by atomic mass is 35.5. The first kappa shape index (κ1) is 12.3. The average Bonchev–Trinajstić information content (AvgIpc) is 2.27. The van der Waals surface area contributed by atoms with Crippen LogP contribution in [0.2, 0.25) is 5.15 Å². The molecule has 5 heteroatoms. The fraction of sp³-hybridized carbons (Fsp3) is 0.167. The van der Waals surface area contributed by atoms with Crippen molar-refractivity contribution in [3.8, 4) is 0 Å². The first-order valence-electron chi connectivity index (χ1n) is 5.02. The van der Waals surface area contributed by atoms with Crippen molar-refractivity contribution in [2.45, 2.75) is 17.6 Å². The Bertz CT molecular complexity index is 513. The lowest BCUT2D eigenvalue weighted by Crippen LogP contribution is -1.95. The quantitative estimate of drug-likeness (QED) is 0.624. The number of aryl methyl sites for hydroxylation is 1. The first-order valence-corrected chi connectivity index (χ1v) is 6.39. The highest BCUT2D eigenvalue weighted by molar-refractivity contribution is 7.98. The maximum absolute atomic E-state index is 13.4. The van der Waals surface area contributed by atoms with Crippen LogP contribution in [0.15, 0.2) is 35.2 Å². The molecule has 0 atom stereocenters. The molecule has 0 unspecified atom stereocenters. The van der Waals surface area contributed by atoms with Gasteiger partial charge in [-0.2, -0.15) is 0 Å². The standard InChI is InChI=1S/C12H10ClFN2S/c1-8-6-11(13)16-12(15-8)7-17-10-5-3-2-4-9(10)14/h2-6H,7H2,1H3. The summed E-state index contributed by atoms with van der Waals surface area (Å²) in [5, 5.41) is 0.418. The molecule has 0 aliphatic rings. The van der Waals surface area contributed by atoms with E-state index in [2.05, 4.69) is 9.97 Å². The zero-order chi connectivity index (χ0) is 12.3. The first-order chi connectivity index (χ1) is 8.15. The van der Waals surface area contributed by atoms with Gasteiger partial charge in [-0.05, 0) is 25.1 Å². The van der Waals surface area contributed by atoms with Crippen LogP contribution in [0.1, 0.15) is 11.5 Å². The zero-order valence-electron chi connectivity index (χ0n) is 9.15. The minimum absolute atomic E-state index is 0.226. The smallest absolute Gasteiger partial charge is 0.140 e. The summed E-state index contributed by atoms with van der Waals surface area (Å²) in [7, 11) is 0. The zero-order valence-corrected chi connectivity index (χ0v) is 10.7. The summed E-state index contributed by atoms with van der Waals surface area (Å²) in [6.07, 6.45) is 0. The SMILES string of the molecule is Cc1cc(Cl)nc(CSc2ccccc2F)n1. The van der Waals surface area contributed by atoms with Crippen LogP contribution in [-0.2, 0) is 5.75 Å². The monoisotopic (exact) mass is 268 g/mol. The summed E-state index contributed by atoms with van der Waals surface area (Å²) in [5.41, 5.74) is 0.814. The molecule has 0 bridgehead atoms. The van der Waals surface area contributed by atoms with Gasteiger partial charge in [-0.3, -0.25) is 0 Å². The predicted octanol–water partition coefficient (Wildman–Crippen LogP) is 3.87. The van der Waals surface area contributed by atoms with Crippen LogP contribution in [0, 0.1) is 12.7 Å². The third kappa shape index (κ3) is 3.41. The number of hydrogen-bond donors (Lipinski definition) is 0. The molecular formula is C12H10ClFN2S. The summed E-state index contributed by atoms with van der Waals surface area (Å²) in [6.45, 7) is 1.85. The Morgan fingerprint density at radius 1 is 1.29 bits per heavy atom. The molecule has 1 aromatic heterocycles. The Morgan fingerprint density at radius 3 is 2.76 bits per heavy atom. The van der Waals surface area contributed by atoms with Gasteiger partial charge >= 0.3 is 0 Å². The van der Waals surface area contributed by atoms with Gasteiger partial charge < -0.3 is 0 Å². The molecule has 17 heavy (non-hydrogen) atoms. The van der Waals surface area contributed by atoms with E-state index in [1.54, 1.807) is 24.3 Å². The van der Waals surface area contributed by atoms with E-state index in [1.165, 1.54) is 17.8 Å². The Labute approximate surface area is 108 Å². The van der Waals surface area contributed by atoms with Crippen LogP contribution < -0.4 is 0 Å². The second kappa shape index (κ2) is 5.47. The van der Waals surface area contributed by atoms with E-state index in [0.717, 1.165) is 5.69 Å². The number of benzene rings is 1. The molecule has 0 spiro atoms. The van der Waals surface area contributed by atoms with Crippen molar-refractivity contribution in [2.24, 2.45) is 0 Å². The van der Waals surface area contributed by atoms with Crippen LogP contribution >= 0.6 is 23.4 Å². The number of aromatic nitrogens is 2. The van der Waals surface area contributed by atoms with Gasteiger partial charge in [0.2, 0.25) is 0 Å². The molecule has 88 valence electrons. The number of nitrogens with zero attached hydrogens (tertiary/aromatic N) is 2. The molecule has 2 nitrogen and oxygen atoms in total. The summed E-state index contributed by atoms with van der Waals surface area (Å²) in [5.74, 6) is 0.891. The molecule has 0 fully saturated rings. The van der Waals surface area contributed by atoms with Crippen molar-refractivity contribution in [3.63, 3.8) is 0 Å². The summed E-state index contributed by atoms with van der Waals surface area (Å²) in [6, 6.07) is 8.33. The molecule has 2 rings (SSSR count). The molecular weight excluding hydrogens is 259 g/mol. The average molecular weight is 269 g/mol. The van der Waals surface area contributed by atoms with Crippen LogP contribution in [0.3, 0.4) is 0 Å². The van der Waals surface area contributed by atoms with Gasteiger partial charge in [0.05, 0.1) is 5.75 Å². The molecule has 1 aromatic carbocycles. The summed E-state index contributed by atoms with van der Waals surface area (Å²) >= 11 is 7.19. The Kier molecular flexibility index (Phi) is 3.97. The molecule has 0 radical (unpaired) electrons. The van der Waals surface area contributed by atoms with E-state index in [9.17, 15) is 4.39 Å². The van der Waals surface area contributed by atoms with E-state index >= 15 is 0 Å². The molecule has 0 amide bonds. The maximum Gasteiger partial charge on any atom is 0.140 e. The summed E-state index contributed by atoms with van der Waals surface area (Å²) < 4.78 is 13.4. The van der Waals surface area contributed by atoms with Gasteiger partial charge in [0.25, 0.3) is 0 Å². The van der Waals surface area contributed by atoms with Gasteiger partial charge in [-0.15, -0.1) is 11.8 Å². The second-order valence-corrected chi connectivity index (χ2v) is 4.87. The summed E-state index contributed by atoms with van der Waals surface area (Å²) in [4.78, 5) is 8.92. The highest BCUT2D eigenvalue weighted by Gasteiger charge is 2.05. The molecule has 0 saturated carbocycles. The normalized spacial score (nSPS) is 10.5. The number of thioether (sulfide) groups is 1. The van der Waals surface area contributed by atoms with Crippen molar-refractivity contribution in [1.82, 2.24) is 9.97 Å². The van der Waals surface area contributed by atoms with Crippen LogP contribution in [0.25, 0.3) is 0 Å². The predicted molar refractivity (Wildman–Crippen MR) is 67.7 cm³/mol. The van der Waals surface area contributed by atoms with Gasteiger partial charge in [-0.1, -0.05) is 23.7 Å². The number of rotatable bonds is 3. The fourth-order valence-electron chi connectivity index (χ4n) is 1.36. The lowest BCUT2D eigenvalue weighted by atomic mass is 10.3. The van der Waals surface area contributed by atoms with Crippen molar-refractivity contribution < 1.29 is 4.39 Å². The van der Waals surface area contributed by atoms with Crippen molar-refractivity contribution in [2.75, 3.05) is 0 Å². The topological polar surface area (TPSA) is 25.8 Å². The van der Waals surface area contributed by atoms with Gasteiger partial charge in [0, 0.05) is 10.6 Å². The second-order valence-electron chi connectivity index (χ2n) is 3.47. The molecule has 0 N–H and O–H groups in total. The maximum atomic E-state index is 13.4. The van der Waals surface area contributed by atoms with Crippen LogP contribution in [0.5, 0.6) is 0 Å². The molecule has 0 aliphatic heterocycles.